The molecule has 0 amide bonds. The van der Waals surface area contributed by atoms with Gasteiger partial charge in [-0.25, -0.2) is 9.37 Å². The minimum atomic E-state index is -0.817. The lowest BCUT2D eigenvalue weighted by Gasteiger charge is -2.34. The zero-order chi connectivity index (χ0) is 25.6. The van der Waals surface area contributed by atoms with Crippen molar-refractivity contribution in [3.63, 3.8) is 0 Å². The van der Waals surface area contributed by atoms with Gasteiger partial charge in [0.25, 0.3) is 5.56 Å². The summed E-state index contributed by atoms with van der Waals surface area (Å²) in [6.07, 6.45) is 3.73. The lowest BCUT2D eigenvalue weighted by Crippen LogP contribution is -2.37. The van der Waals surface area contributed by atoms with Crippen molar-refractivity contribution in [3.8, 4) is 22.5 Å². The average molecular weight is 490 g/mol. The van der Waals surface area contributed by atoms with E-state index in [9.17, 15) is 9.18 Å². The molecule has 2 aromatic carbocycles. The number of pyridine rings is 1. The van der Waals surface area contributed by atoms with E-state index in [2.05, 4.69) is 33.7 Å². The van der Waals surface area contributed by atoms with E-state index < -0.39 is 17.3 Å². The zero-order valence-corrected chi connectivity index (χ0v) is 20.6. The number of H-pyrrole nitrogens is 1. The van der Waals surface area contributed by atoms with Gasteiger partial charge in [-0.3, -0.25) is 4.79 Å². The number of nitrogen functional groups attached to an aromatic ring is 1. The lowest BCUT2D eigenvalue weighted by atomic mass is 9.88. The fraction of sp³-hybridized carbons (Fsp3) is 0.321. The van der Waals surface area contributed by atoms with Gasteiger partial charge < -0.3 is 15.6 Å². The smallest absolute Gasteiger partial charge is 0.255 e. The molecule has 0 aliphatic carbocycles. The summed E-state index contributed by atoms with van der Waals surface area (Å²) in [5.41, 5.74) is 8.21. The highest BCUT2D eigenvalue weighted by molar-refractivity contribution is 5.90. The van der Waals surface area contributed by atoms with Crippen LogP contribution in [0.15, 0.2) is 47.4 Å². The first-order valence-electron chi connectivity index (χ1n) is 12.2. The third-order valence-electron chi connectivity index (χ3n) is 7.25. The Hall–Kier alpha value is -3.65. The maximum atomic E-state index is 15.1. The molecular weight excluding hydrogens is 460 g/mol. The van der Waals surface area contributed by atoms with Gasteiger partial charge in [0.05, 0.1) is 5.39 Å². The maximum Gasteiger partial charge on any atom is 0.255 e. The molecule has 1 fully saturated rings. The predicted octanol–water partition coefficient (Wildman–Crippen LogP) is 5.41. The fourth-order valence-electron chi connectivity index (χ4n) is 5.07. The molecule has 5 rings (SSSR count). The van der Waals surface area contributed by atoms with Crippen LogP contribution in [-0.2, 0) is 0 Å². The minimum absolute atomic E-state index is 0.00232. The van der Waals surface area contributed by atoms with Gasteiger partial charge in [-0.2, -0.15) is 9.37 Å². The summed E-state index contributed by atoms with van der Waals surface area (Å²) >= 11 is 0. The number of benzene rings is 2. The minimum Gasteiger partial charge on any atom is -0.382 e. The number of aryl methyl sites for hydroxylation is 1. The first kappa shape index (κ1) is 24.1. The topological polar surface area (TPSA) is 87.9 Å². The van der Waals surface area contributed by atoms with E-state index >= 15 is 4.39 Å². The molecule has 0 spiro atoms. The highest BCUT2D eigenvalue weighted by Crippen LogP contribution is 2.34. The summed E-state index contributed by atoms with van der Waals surface area (Å²) in [5.74, 6) is -1.25. The molecule has 3 N–H and O–H groups in total. The van der Waals surface area contributed by atoms with Gasteiger partial charge in [0.15, 0.2) is 5.82 Å². The van der Waals surface area contributed by atoms with Gasteiger partial charge in [0, 0.05) is 23.4 Å². The highest BCUT2D eigenvalue weighted by atomic mass is 19.1. The summed E-state index contributed by atoms with van der Waals surface area (Å²) in [6.45, 7) is 8.37. The number of hydrogen-bond acceptors (Lipinski definition) is 5. The van der Waals surface area contributed by atoms with Crippen molar-refractivity contribution >= 4 is 16.6 Å². The van der Waals surface area contributed by atoms with E-state index in [0.717, 1.165) is 37.6 Å². The Morgan fingerprint density at radius 3 is 2.39 bits per heavy atom. The van der Waals surface area contributed by atoms with Gasteiger partial charge in [-0.1, -0.05) is 24.3 Å². The summed E-state index contributed by atoms with van der Waals surface area (Å²) in [4.78, 5) is 25.5. The van der Waals surface area contributed by atoms with E-state index in [-0.39, 0.29) is 28.2 Å². The number of rotatable bonds is 4. The molecule has 0 radical (unpaired) electrons. The second kappa shape index (κ2) is 9.43. The van der Waals surface area contributed by atoms with Crippen molar-refractivity contribution in [3.05, 3.63) is 75.8 Å². The quantitative estimate of drug-likeness (QED) is 0.400. The Balaban J connectivity index is 1.50. The standard InChI is InChI=1S/C28H29F2N5O/c1-15(2)35-10-8-18(9-11-35)17-4-6-19(7-5-17)24-26(30)34-27(31)25(33-24)22-12-20-16(3)14-32-28(36)21(20)13-23(22)29/h4-7,12-15,18H,8-11H2,1-3H3,(H2,31,34)(H,32,36). The Morgan fingerprint density at radius 2 is 1.72 bits per heavy atom. The molecule has 1 saturated heterocycles. The Bertz CT molecular complexity index is 1490. The molecule has 1 aliphatic rings. The third kappa shape index (κ3) is 4.37. The van der Waals surface area contributed by atoms with Gasteiger partial charge in [-0.05, 0) is 81.3 Å². The molecular formula is C28H29F2N5O. The lowest BCUT2D eigenvalue weighted by molar-refractivity contribution is 0.172. The van der Waals surface area contributed by atoms with Crippen LogP contribution < -0.4 is 11.3 Å². The maximum absolute atomic E-state index is 15.1. The van der Waals surface area contributed by atoms with Crippen LogP contribution in [0.4, 0.5) is 14.6 Å². The highest BCUT2D eigenvalue weighted by Gasteiger charge is 2.23. The SMILES string of the molecule is Cc1c[nH]c(=O)c2cc(F)c(-c3nc(-c4ccc(C5CCN(C(C)C)CC5)cc4)c(F)nc3N)cc12. The number of nitrogens with two attached hydrogens (primary N) is 1. The van der Waals surface area contributed by atoms with Crippen molar-refractivity contribution in [2.24, 2.45) is 0 Å². The number of fused-ring (bicyclic) bond motifs is 1. The molecule has 6 nitrogen and oxygen atoms in total. The number of halogens is 2. The number of likely N-dealkylation sites (tertiary alicyclic amines) is 1. The first-order chi connectivity index (χ1) is 17.2. The average Bonchev–Trinajstić information content (AvgIpc) is 2.87. The first-order valence-corrected chi connectivity index (χ1v) is 12.2. The van der Waals surface area contributed by atoms with E-state index in [1.165, 1.54) is 11.6 Å². The Labute approximate surface area is 208 Å². The van der Waals surface area contributed by atoms with E-state index in [1.54, 1.807) is 13.1 Å². The molecule has 8 heteroatoms. The van der Waals surface area contributed by atoms with Crippen LogP contribution in [0.3, 0.4) is 0 Å². The molecule has 2 aromatic heterocycles. The van der Waals surface area contributed by atoms with Crippen LogP contribution in [0, 0.1) is 18.7 Å². The van der Waals surface area contributed by atoms with Gasteiger partial charge in [0.1, 0.15) is 17.2 Å². The van der Waals surface area contributed by atoms with Gasteiger partial charge in [-0.15, -0.1) is 0 Å². The molecule has 0 bridgehead atoms. The summed E-state index contributed by atoms with van der Waals surface area (Å²) in [6, 6.07) is 10.9. The molecule has 0 saturated carbocycles. The monoisotopic (exact) mass is 489 g/mol. The van der Waals surface area contributed by atoms with Gasteiger partial charge in [0.2, 0.25) is 5.95 Å². The number of nitrogens with zero attached hydrogens (tertiary/aromatic N) is 3. The van der Waals surface area contributed by atoms with Crippen LogP contribution in [0.5, 0.6) is 0 Å². The summed E-state index contributed by atoms with van der Waals surface area (Å²) < 4.78 is 30.0. The molecule has 0 atom stereocenters. The fourth-order valence-corrected chi connectivity index (χ4v) is 5.07. The number of nitrogens with one attached hydrogen (secondary N) is 1. The van der Waals surface area contributed by atoms with Crippen molar-refractivity contribution in [2.45, 2.75) is 45.6 Å². The number of aromatic nitrogens is 3. The predicted molar refractivity (Wildman–Crippen MR) is 139 cm³/mol. The van der Waals surface area contributed by atoms with Crippen molar-refractivity contribution in [1.82, 2.24) is 19.9 Å². The number of aromatic amines is 1. The van der Waals surface area contributed by atoms with Crippen molar-refractivity contribution in [2.75, 3.05) is 18.8 Å². The number of hydrogen-bond donors (Lipinski definition) is 2. The molecule has 3 heterocycles. The van der Waals surface area contributed by atoms with Crippen LogP contribution >= 0.6 is 0 Å². The van der Waals surface area contributed by atoms with E-state index in [0.29, 0.717) is 22.9 Å². The Kier molecular flexibility index (Phi) is 6.30. The van der Waals surface area contributed by atoms with E-state index in [1.807, 2.05) is 24.3 Å². The number of anilines is 1. The second-order valence-electron chi connectivity index (χ2n) is 9.80. The normalized spacial score (nSPS) is 15.2. The van der Waals surface area contributed by atoms with Crippen molar-refractivity contribution < 1.29 is 8.78 Å². The van der Waals surface area contributed by atoms with E-state index in [4.69, 9.17) is 5.73 Å². The molecule has 186 valence electrons. The number of piperidine rings is 1. The van der Waals surface area contributed by atoms with Crippen LogP contribution in [0.25, 0.3) is 33.3 Å². The Morgan fingerprint density at radius 1 is 1.03 bits per heavy atom. The third-order valence-corrected chi connectivity index (χ3v) is 7.25. The molecule has 4 aromatic rings. The second-order valence-corrected chi connectivity index (χ2v) is 9.80. The largest absolute Gasteiger partial charge is 0.382 e. The van der Waals surface area contributed by atoms with Crippen LogP contribution in [-0.4, -0.2) is 39.0 Å². The molecule has 0 unspecified atom stereocenters. The summed E-state index contributed by atoms with van der Waals surface area (Å²) in [5, 5.41) is 0.787. The van der Waals surface area contributed by atoms with Crippen LogP contribution in [0.1, 0.15) is 43.7 Å². The van der Waals surface area contributed by atoms with Crippen molar-refractivity contribution in [1.29, 1.82) is 0 Å². The molecule has 36 heavy (non-hydrogen) atoms. The molecule has 1 aliphatic heterocycles. The van der Waals surface area contributed by atoms with Crippen LogP contribution in [0.2, 0.25) is 0 Å². The van der Waals surface area contributed by atoms with Gasteiger partial charge >= 0.3 is 0 Å². The summed E-state index contributed by atoms with van der Waals surface area (Å²) in [7, 11) is 0. The zero-order valence-electron chi connectivity index (χ0n) is 20.6.